The molecule has 5 rings (SSSR count). The van der Waals surface area contributed by atoms with Crippen molar-refractivity contribution in [2.24, 2.45) is 5.41 Å². The largest absolute Gasteiger partial charge is 0.420 e. The summed E-state index contributed by atoms with van der Waals surface area (Å²) >= 11 is 0. The second-order valence-electron chi connectivity index (χ2n) is 7.57. The van der Waals surface area contributed by atoms with E-state index in [0.717, 1.165) is 35.0 Å². The van der Waals surface area contributed by atoms with Crippen LogP contribution >= 0.6 is 0 Å². The molecular formula is C19H17F2N3O. The number of hydrogen-bond acceptors (Lipinski definition) is 4. The number of halogens is 2. The van der Waals surface area contributed by atoms with Crippen molar-refractivity contribution in [3.63, 3.8) is 0 Å². The van der Waals surface area contributed by atoms with Gasteiger partial charge in [-0.15, -0.1) is 10.2 Å². The van der Waals surface area contributed by atoms with Crippen LogP contribution in [0.2, 0.25) is 0 Å². The summed E-state index contributed by atoms with van der Waals surface area (Å²) in [6.45, 7) is 1.92. The molecule has 2 fully saturated rings. The minimum atomic E-state index is -2.47. The van der Waals surface area contributed by atoms with Gasteiger partial charge in [0.15, 0.2) is 0 Å². The molecule has 2 aromatic heterocycles. The molecule has 0 amide bonds. The van der Waals surface area contributed by atoms with E-state index in [-0.39, 0.29) is 24.2 Å². The zero-order valence-corrected chi connectivity index (χ0v) is 13.8. The highest BCUT2D eigenvalue weighted by atomic mass is 19.3. The zero-order chi connectivity index (χ0) is 17.2. The van der Waals surface area contributed by atoms with E-state index in [2.05, 4.69) is 15.2 Å². The molecule has 4 nitrogen and oxygen atoms in total. The first kappa shape index (κ1) is 14.9. The van der Waals surface area contributed by atoms with Crippen LogP contribution in [0, 0.1) is 12.3 Å². The summed E-state index contributed by atoms with van der Waals surface area (Å²) in [5.41, 5.74) is 2.39. The standard InChI is InChI=1S/C19H17F2N3O/c1-11-14(6-12-4-2-3-5-15(12)22-11)17-24-23-16(25-17)13-7-18(8-13)9-19(20,21)10-18/h2-6,13H,7-10H2,1H3. The van der Waals surface area contributed by atoms with E-state index in [1.807, 2.05) is 37.3 Å². The van der Waals surface area contributed by atoms with Gasteiger partial charge in [-0.3, -0.25) is 4.98 Å². The minimum Gasteiger partial charge on any atom is -0.420 e. The van der Waals surface area contributed by atoms with E-state index in [4.69, 9.17) is 4.42 Å². The molecule has 6 heteroatoms. The van der Waals surface area contributed by atoms with Crippen LogP contribution < -0.4 is 0 Å². The van der Waals surface area contributed by atoms with Crippen LogP contribution in [0.5, 0.6) is 0 Å². The van der Waals surface area contributed by atoms with Crippen molar-refractivity contribution in [2.45, 2.75) is 44.4 Å². The number of nitrogens with zero attached hydrogens (tertiary/aromatic N) is 3. The molecule has 2 heterocycles. The molecule has 0 bridgehead atoms. The van der Waals surface area contributed by atoms with E-state index in [1.165, 1.54) is 0 Å². The number of para-hydroxylation sites is 1. The number of alkyl halides is 2. The van der Waals surface area contributed by atoms with Gasteiger partial charge in [-0.05, 0) is 37.3 Å². The van der Waals surface area contributed by atoms with Gasteiger partial charge in [0.25, 0.3) is 0 Å². The second kappa shape index (κ2) is 4.84. The number of benzene rings is 1. The molecule has 0 radical (unpaired) electrons. The number of fused-ring (bicyclic) bond motifs is 1. The first-order chi connectivity index (χ1) is 11.9. The molecule has 2 saturated carbocycles. The van der Waals surface area contributed by atoms with Gasteiger partial charge in [-0.1, -0.05) is 18.2 Å². The number of hydrogen-bond donors (Lipinski definition) is 0. The topological polar surface area (TPSA) is 51.8 Å². The van der Waals surface area contributed by atoms with Crippen molar-refractivity contribution in [3.05, 3.63) is 41.9 Å². The van der Waals surface area contributed by atoms with E-state index in [9.17, 15) is 8.78 Å². The maximum Gasteiger partial charge on any atom is 0.249 e. The second-order valence-corrected chi connectivity index (χ2v) is 7.57. The third-order valence-corrected chi connectivity index (χ3v) is 5.56. The summed E-state index contributed by atoms with van der Waals surface area (Å²) in [6.07, 6.45) is 1.45. The third kappa shape index (κ3) is 2.34. The van der Waals surface area contributed by atoms with Crippen molar-refractivity contribution < 1.29 is 13.2 Å². The van der Waals surface area contributed by atoms with Gasteiger partial charge < -0.3 is 4.42 Å². The van der Waals surface area contributed by atoms with Gasteiger partial charge >= 0.3 is 0 Å². The van der Waals surface area contributed by atoms with Crippen molar-refractivity contribution in [1.29, 1.82) is 0 Å². The molecule has 0 atom stereocenters. The summed E-state index contributed by atoms with van der Waals surface area (Å²) in [4.78, 5) is 4.59. The summed E-state index contributed by atoms with van der Waals surface area (Å²) in [6, 6.07) is 9.88. The van der Waals surface area contributed by atoms with Crippen LogP contribution in [0.4, 0.5) is 8.78 Å². The normalized spacial score (nSPS) is 21.2. The van der Waals surface area contributed by atoms with Crippen molar-refractivity contribution in [1.82, 2.24) is 15.2 Å². The Hall–Kier alpha value is -2.37. The van der Waals surface area contributed by atoms with Crippen molar-refractivity contribution >= 4 is 10.9 Å². The maximum absolute atomic E-state index is 13.1. The average molecular weight is 341 g/mol. The average Bonchev–Trinajstić information content (AvgIpc) is 2.98. The Morgan fingerprint density at radius 3 is 2.64 bits per heavy atom. The number of pyridine rings is 1. The lowest BCUT2D eigenvalue weighted by molar-refractivity contribution is -0.198. The molecule has 0 N–H and O–H groups in total. The summed E-state index contributed by atoms with van der Waals surface area (Å²) < 4.78 is 32.1. The first-order valence-electron chi connectivity index (χ1n) is 8.51. The molecule has 0 saturated heterocycles. The fraction of sp³-hybridized carbons (Fsp3) is 0.421. The van der Waals surface area contributed by atoms with Gasteiger partial charge in [0.05, 0.1) is 16.8 Å². The lowest BCUT2D eigenvalue weighted by atomic mass is 9.50. The van der Waals surface area contributed by atoms with Crippen LogP contribution in [0.1, 0.15) is 43.2 Å². The molecule has 0 unspecified atom stereocenters. The molecule has 3 aromatic rings. The Balaban J connectivity index is 1.40. The quantitative estimate of drug-likeness (QED) is 0.666. The number of rotatable bonds is 2. The lowest BCUT2D eigenvalue weighted by Gasteiger charge is -2.56. The van der Waals surface area contributed by atoms with Crippen molar-refractivity contribution in [3.8, 4) is 11.5 Å². The molecule has 0 aliphatic heterocycles. The number of aromatic nitrogens is 3. The van der Waals surface area contributed by atoms with Gasteiger partial charge in [0, 0.05) is 24.1 Å². The molecule has 2 aliphatic rings. The molecular weight excluding hydrogens is 324 g/mol. The van der Waals surface area contributed by atoms with E-state index in [1.54, 1.807) is 0 Å². The SMILES string of the molecule is Cc1nc2ccccc2cc1-c1nnc(C2CC3(C2)CC(F)(F)C3)o1. The summed E-state index contributed by atoms with van der Waals surface area (Å²) in [5, 5.41) is 9.35. The highest BCUT2D eigenvalue weighted by molar-refractivity contribution is 5.83. The molecule has 1 spiro atoms. The fourth-order valence-electron chi connectivity index (χ4n) is 4.43. The Bertz CT molecular complexity index is 966. The van der Waals surface area contributed by atoms with E-state index >= 15 is 0 Å². The lowest BCUT2D eigenvalue weighted by Crippen LogP contribution is -2.52. The van der Waals surface area contributed by atoms with Crippen LogP contribution in [0.25, 0.3) is 22.4 Å². The van der Waals surface area contributed by atoms with E-state index < -0.39 is 5.92 Å². The predicted octanol–water partition coefficient (Wildman–Crippen LogP) is 4.89. The Morgan fingerprint density at radius 2 is 1.88 bits per heavy atom. The third-order valence-electron chi connectivity index (χ3n) is 5.56. The molecule has 128 valence electrons. The Labute approximate surface area is 143 Å². The molecule has 25 heavy (non-hydrogen) atoms. The maximum atomic E-state index is 13.1. The first-order valence-corrected chi connectivity index (χ1v) is 8.51. The summed E-state index contributed by atoms with van der Waals surface area (Å²) in [7, 11) is 0. The Kier molecular flexibility index (Phi) is 2.89. The molecule has 1 aromatic carbocycles. The van der Waals surface area contributed by atoms with Gasteiger partial charge in [-0.25, -0.2) is 8.78 Å². The van der Waals surface area contributed by atoms with Crippen LogP contribution in [0.3, 0.4) is 0 Å². The van der Waals surface area contributed by atoms with Gasteiger partial charge in [0.1, 0.15) is 0 Å². The van der Waals surface area contributed by atoms with Crippen LogP contribution in [0.15, 0.2) is 34.7 Å². The monoisotopic (exact) mass is 341 g/mol. The van der Waals surface area contributed by atoms with Crippen LogP contribution in [-0.2, 0) is 0 Å². The van der Waals surface area contributed by atoms with Crippen molar-refractivity contribution in [2.75, 3.05) is 0 Å². The number of aryl methyl sites for hydroxylation is 1. The van der Waals surface area contributed by atoms with E-state index in [0.29, 0.717) is 11.8 Å². The predicted molar refractivity (Wildman–Crippen MR) is 88.4 cm³/mol. The minimum absolute atomic E-state index is 0.00516. The fourth-order valence-corrected chi connectivity index (χ4v) is 4.43. The smallest absolute Gasteiger partial charge is 0.249 e. The zero-order valence-electron chi connectivity index (χ0n) is 13.8. The van der Waals surface area contributed by atoms with Gasteiger partial charge in [0.2, 0.25) is 17.7 Å². The van der Waals surface area contributed by atoms with Crippen LogP contribution in [-0.4, -0.2) is 21.1 Å². The molecule has 2 aliphatic carbocycles. The highest BCUT2D eigenvalue weighted by Crippen LogP contribution is 2.66. The summed E-state index contributed by atoms with van der Waals surface area (Å²) in [5.74, 6) is -1.36. The van der Waals surface area contributed by atoms with Gasteiger partial charge in [-0.2, -0.15) is 0 Å². The Morgan fingerprint density at radius 1 is 1.12 bits per heavy atom. The highest BCUT2D eigenvalue weighted by Gasteiger charge is 2.62.